The van der Waals surface area contributed by atoms with Crippen molar-refractivity contribution >= 4 is 17.8 Å². The highest BCUT2D eigenvalue weighted by atomic mass is 16.4. The summed E-state index contributed by atoms with van der Waals surface area (Å²) in [6.45, 7) is 3.45. The monoisotopic (exact) mass is 231 g/mol. The van der Waals surface area contributed by atoms with Crippen LogP contribution in [0.1, 0.15) is 13.8 Å². The maximum Gasteiger partial charge on any atom is 0.320 e. The van der Waals surface area contributed by atoms with Gasteiger partial charge in [-0.25, -0.2) is 0 Å². The molecule has 4 N–H and O–H groups in total. The van der Waals surface area contributed by atoms with Crippen LogP contribution >= 0.6 is 0 Å². The van der Waals surface area contributed by atoms with Gasteiger partial charge in [0.25, 0.3) is 0 Å². The van der Waals surface area contributed by atoms with Gasteiger partial charge in [-0.1, -0.05) is 0 Å². The minimum Gasteiger partial charge on any atom is -0.480 e. The van der Waals surface area contributed by atoms with Gasteiger partial charge in [-0.3, -0.25) is 19.7 Å². The molecule has 0 radical (unpaired) electrons. The maximum absolute atomic E-state index is 11.1. The second kappa shape index (κ2) is 7.63. The smallest absolute Gasteiger partial charge is 0.320 e. The molecule has 7 nitrogen and oxygen atoms in total. The van der Waals surface area contributed by atoms with Gasteiger partial charge >= 0.3 is 5.97 Å². The molecule has 0 aliphatic heterocycles. The summed E-state index contributed by atoms with van der Waals surface area (Å²) in [5.74, 6) is -1.48. The molecule has 0 spiro atoms. The van der Waals surface area contributed by atoms with E-state index in [0.29, 0.717) is 13.1 Å². The van der Waals surface area contributed by atoms with Gasteiger partial charge in [-0.05, 0) is 6.92 Å². The molecule has 0 aliphatic carbocycles. The van der Waals surface area contributed by atoms with Crippen LogP contribution in [0.25, 0.3) is 0 Å². The predicted octanol–water partition coefficient (Wildman–Crippen LogP) is -1.70. The SMILES string of the molecule is CC(=O)NCCNC(=O)CN[C@H](C)C(=O)O. The van der Waals surface area contributed by atoms with Crippen molar-refractivity contribution in [2.75, 3.05) is 19.6 Å². The van der Waals surface area contributed by atoms with E-state index in [9.17, 15) is 14.4 Å². The van der Waals surface area contributed by atoms with Gasteiger partial charge in [0.2, 0.25) is 11.8 Å². The van der Waals surface area contributed by atoms with Crippen LogP contribution in [-0.4, -0.2) is 48.6 Å². The lowest BCUT2D eigenvalue weighted by Gasteiger charge is -2.09. The molecule has 0 aromatic rings. The van der Waals surface area contributed by atoms with Crippen molar-refractivity contribution in [1.29, 1.82) is 0 Å². The number of carboxylic acids is 1. The number of carbonyl (C=O) groups excluding carboxylic acids is 2. The topological polar surface area (TPSA) is 108 Å². The van der Waals surface area contributed by atoms with E-state index < -0.39 is 12.0 Å². The average molecular weight is 231 g/mol. The zero-order valence-corrected chi connectivity index (χ0v) is 9.37. The number of hydrogen-bond donors (Lipinski definition) is 4. The van der Waals surface area contributed by atoms with Gasteiger partial charge in [0.1, 0.15) is 6.04 Å². The molecule has 0 unspecified atom stereocenters. The van der Waals surface area contributed by atoms with E-state index in [2.05, 4.69) is 16.0 Å². The van der Waals surface area contributed by atoms with Gasteiger partial charge in [0.15, 0.2) is 0 Å². The lowest BCUT2D eigenvalue weighted by molar-refractivity contribution is -0.139. The van der Waals surface area contributed by atoms with E-state index in [1.807, 2.05) is 0 Å². The summed E-state index contributed by atoms with van der Waals surface area (Å²) in [4.78, 5) is 32.0. The Bertz CT molecular complexity index is 267. The van der Waals surface area contributed by atoms with E-state index in [4.69, 9.17) is 5.11 Å². The van der Waals surface area contributed by atoms with Gasteiger partial charge < -0.3 is 15.7 Å². The average Bonchev–Trinajstić information content (AvgIpc) is 2.20. The Labute approximate surface area is 93.6 Å². The fourth-order valence-corrected chi connectivity index (χ4v) is 0.836. The largest absolute Gasteiger partial charge is 0.480 e. The first-order valence-electron chi connectivity index (χ1n) is 4.90. The Morgan fingerprint density at radius 2 is 1.75 bits per heavy atom. The molecule has 2 amide bonds. The van der Waals surface area contributed by atoms with Crippen LogP contribution in [-0.2, 0) is 14.4 Å². The van der Waals surface area contributed by atoms with E-state index in [1.165, 1.54) is 13.8 Å². The summed E-state index contributed by atoms with van der Waals surface area (Å²) in [5, 5.41) is 16.1. The molecule has 92 valence electrons. The van der Waals surface area contributed by atoms with Crippen LogP contribution in [0.15, 0.2) is 0 Å². The Morgan fingerprint density at radius 3 is 2.25 bits per heavy atom. The van der Waals surface area contributed by atoms with Gasteiger partial charge in [0.05, 0.1) is 6.54 Å². The fourth-order valence-electron chi connectivity index (χ4n) is 0.836. The number of aliphatic carboxylic acids is 1. The van der Waals surface area contributed by atoms with E-state index >= 15 is 0 Å². The molecule has 0 saturated heterocycles. The molecule has 0 aromatic carbocycles. The van der Waals surface area contributed by atoms with Crippen molar-refractivity contribution in [3.63, 3.8) is 0 Å². The van der Waals surface area contributed by atoms with Crippen LogP contribution < -0.4 is 16.0 Å². The lowest BCUT2D eigenvalue weighted by atomic mass is 10.3. The maximum atomic E-state index is 11.1. The van der Waals surface area contributed by atoms with E-state index in [1.54, 1.807) is 0 Å². The first kappa shape index (κ1) is 14.4. The van der Waals surface area contributed by atoms with Crippen LogP contribution in [0.5, 0.6) is 0 Å². The minimum atomic E-state index is -1.01. The minimum absolute atomic E-state index is 0.0620. The molecule has 0 aliphatic rings. The third-order valence-electron chi connectivity index (χ3n) is 1.76. The highest BCUT2D eigenvalue weighted by Gasteiger charge is 2.11. The van der Waals surface area contributed by atoms with Crippen molar-refractivity contribution in [3.8, 4) is 0 Å². The molecular formula is C9H17N3O4. The summed E-state index contributed by atoms with van der Waals surface area (Å²) < 4.78 is 0. The molecule has 7 heteroatoms. The zero-order chi connectivity index (χ0) is 12.6. The molecule has 0 bridgehead atoms. The summed E-state index contributed by atoms with van der Waals surface area (Å²) in [7, 11) is 0. The molecule has 1 atom stereocenters. The van der Waals surface area contributed by atoms with E-state index in [-0.39, 0.29) is 18.4 Å². The Kier molecular flexibility index (Phi) is 6.86. The van der Waals surface area contributed by atoms with Gasteiger partial charge in [0, 0.05) is 20.0 Å². The number of rotatable bonds is 7. The number of carbonyl (C=O) groups is 3. The third kappa shape index (κ3) is 7.74. The number of nitrogens with one attached hydrogen (secondary N) is 3. The Morgan fingerprint density at radius 1 is 1.19 bits per heavy atom. The summed E-state index contributed by atoms with van der Waals surface area (Å²) in [6, 6.07) is -0.763. The lowest BCUT2D eigenvalue weighted by Crippen LogP contribution is -2.43. The van der Waals surface area contributed by atoms with Crippen molar-refractivity contribution in [2.45, 2.75) is 19.9 Å². The number of amides is 2. The van der Waals surface area contributed by atoms with Crippen molar-refractivity contribution in [1.82, 2.24) is 16.0 Å². The summed E-state index contributed by atoms with van der Waals surface area (Å²) in [5.41, 5.74) is 0. The Balaban J connectivity index is 3.52. The van der Waals surface area contributed by atoms with E-state index in [0.717, 1.165) is 0 Å². The van der Waals surface area contributed by atoms with Gasteiger partial charge in [-0.2, -0.15) is 0 Å². The quantitative estimate of drug-likeness (QED) is 0.391. The van der Waals surface area contributed by atoms with Gasteiger partial charge in [-0.15, -0.1) is 0 Å². The number of hydrogen-bond acceptors (Lipinski definition) is 4. The highest BCUT2D eigenvalue weighted by Crippen LogP contribution is 1.79. The molecule has 16 heavy (non-hydrogen) atoms. The molecular weight excluding hydrogens is 214 g/mol. The van der Waals surface area contributed by atoms with Crippen molar-refractivity contribution < 1.29 is 19.5 Å². The normalized spacial score (nSPS) is 11.6. The third-order valence-corrected chi connectivity index (χ3v) is 1.76. The molecule has 0 saturated carbocycles. The van der Waals surface area contributed by atoms with Crippen LogP contribution in [0, 0.1) is 0 Å². The van der Waals surface area contributed by atoms with Crippen LogP contribution in [0.3, 0.4) is 0 Å². The molecule has 0 rings (SSSR count). The highest BCUT2D eigenvalue weighted by molar-refractivity contribution is 5.79. The first-order chi connectivity index (χ1) is 7.43. The first-order valence-corrected chi connectivity index (χ1v) is 4.90. The second-order valence-electron chi connectivity index (χ2n) is 3.27. The van der Waals surface area contributed by atoms with Crippen molar-refractivity contribution in [3.05, 3.63) is 0 Å². The van der Waals surface area contributed by atoms with Crippen LogP contribution in [0.4, 0.5) is 0 Å². The van der Waals surface area contributed by atoms with Crippen molar-refractivity contribution in [2.24, 2.45) is 0 Å². The predicted molar refractivity (Wildman–Crippen MR) is 56.8 cm³/mol. The Hall–Kier alpha value is -1.63. The summed E-state index contributed by atoms with van der Waals surface area (Å²) >= 11 is 0. The summed E-state index contributed by atoms with van der Waals surface area (Å²) in [6.07, 6.45) is 0. The standard InChI is InChI=1S/C9H17N3O4/c1-6(9(15)16)12-5-8(14)11-4-3-10-7(2)13/h6,12H,3-5H2,1-2H3,(H,10,13)(H,11,14)(H,15,16)/t6-/m1/s1. The molecule has 0 aromatic heterocycles. The number of carboxylic acid groups (broad SMARTS) is 1. The molecule has 0 heterocycles. The fraction of sp³-hybridized carbons (Fsp3) is 0.667. The van der Waals surface area contributed by atoms with Crippen LogP contribution in [0.2, 0.25) is 0 Å². The second-order valence-corrected chi connectivity index (χ2v) is 3.27. The molecule has 0 fully saturated rings. The zero-order valence-electron chi connectivity index (χ0n) is 9.37.